The van der Waals surface area contributed by atoms with Crippen molar-refractivity contribution >= 4 is 5.91 Å². The van der Waals surface area contributed by atoms with Gasteiger partial charge in [-0.3, -0.25) is 10.1 Å². The van der Waals surface area contributed by atoms with Crippen molar-refractivity contribution in [3.63, 3.8) is 0 Å². The lowest BCUT2D eigenvalue weighted by molar-refractivity contribution is -0.122. The number of carbonyl (C=O) groups is 1. The molecular formula is C25H26N2O4. The summed E-state index contributed by atoms with van der Waals surface area (Å²) in [6, 6.07) is 24.7. The van der Waals surface area contributed by atoms with Crippen molar-refractivity contribution in [1.29, 1.82) is 0 Å². The van der Waals surface area contributed by atoms with E-state index < -0.39 is 6.04 Å². The Bertz CT molecular complexity index is 995. The minimum Gasteiger partial charge on any atom is -0.489 e. The Kier molecular flexibility index (Phi) is 6.69. The molecule has 0 aliphatic carbocycles. The standard InChI is InChI=1S/C25H26N2O4/c1-26-25(28)24(19-10-6-3-7-11-19)27-15-21-17-30-22-13-12-20(14-23(22)31-21)29-16-18-8-4-2-5-9-18/h2-14,21,24,27H,15-17H2,1H3,(H,26,28)/t21-,24?/m1/s1. The lowest BCUT2D eigenvalue weighted by atomic mass is 10.1. The van der Waals surface area contributed by atoms with Gasteiger partial charge < -0.3 is 19.5 Å². The van der Waals surface area contributed by atoms with Crippen LogP contribution in [0.15, 0.2) is 78.9 Å². The number of nitrogens with one attached hydrogen (secondary N) is 2. The Morgan fingerprint density at radius 2 is 1.77 bits per heavy atom. The van der Waals surface area contributed by atoms with Crippen molar-refractivity contribution in [3.05, 3.63) is 90.0 Å². The molecule has 1 aliphatic heterocycles. The molecule has 0 aromatic heterocycles. The summed E-state index contributed by atoms with van der Waals surface area (Å²) in [7, 11) is 1.63. The summed E-state index contributed by atoms with van der Waals surface area (Å²) in [4.78, 5) is 12.4. The third-order valence-corrected chi connectivity index (χ3v) is 5.07. The monoisotopic (exact) mass is 418 g/mol. The second kappa shape index (κ2) is 10.00. The molecule has 6 heteroatoms. The first-order valence-corrected chi connectivity index (χ1v) is 10.3. The Hall–Kier alpha value is -3.51. The highest BCUT2D eigenvalue weighted by Crippen LogP contribution is 2.35. The van der Waals surface area contributed by atoms with E-state index in [1.807, 2.05) is 78.9 Å². The van der Waals surface area contributed by atoms with Crippen LogP contribution in [0, 0.1) is 0 Å². The van der Waals surface area contributed by atoms with Gasteiger partial charge in [-0.05, 0) is 23.3 Å². The van der Waals surface area contributed by atoms with E-state index >= 15 is 0 Å². The fourth-order valence-electron chi connectivity index (χ4n) is 3.43. The zero-order chi connectivity index (χ0) is 21.5. The number of rotatable bonds is 8. The summed E-state index contributed by atoms with van der Waals surface area (Å²) in [5.41, 5.74) is 2.00. The van der Waals surface area contributed by atoms with Crippen LogP contribution in [0.1, 0.15) is 17.2 Å². The molecule has 3 aromatic carbocycles. The molecule has 31 heavy (non-hydrogen) atoms. The quantitative estimate of drug-likeness (QED) is 0.586. The van der Waals surface area contributed by atoms with Gasteiger partial charge in [-0.1, -0.05) is 60.7 Å². The Labute approximate surface area is 182 Å². The molecule has 0 saturated carbocycles. The Morgan fingerprint density at radius 1 is 1.03 bits per heavy atom. The lowest BCUT2D eigenvalue weighted by Gasteiger charge is -2.28. The van der Waals surface area contributed by atoms with Gasteiger partial charge in [0.15, 0.2) is 11.5 Å². The van der Waals surface area contributed by atoms with E-state index in [-0.39, 0.29) is 12.0 Å². The van der Waals surface area contributed by atoms with E-state index in [0.717, 1.165) is 11.1 Å². The number of hydrogen-bond acceptors (Lipinski definition) is 5. The van der Waals surface area contributed by atoms with E-state index in [0.29, 0.717) is 37.0 Å². The third kappa shape index (κ3) is 5.35. The first-order chi connectivity index (χ1) is 15.2. The van der Waals surface area contributed by atoms with Crippen molar-refractivity contribution in [2.75, 3.05) is 20.2 Å². The summed E-state index contributed by atoms with van der Waals surface area (Å²) in [6.07, 6.45) is -0.229. The highest BCUT2D eigenvalue weighted by Gasteiger charge is 2.25. The molecule has 1 heterocycles. The number of hydrogen-bond donors (Lipinski definition) is 2. The first kappa shape index (κ1) is 20.8. The molecule has 2 N–H and O–H groups in total. The molecule has 0 bridgehead atoms. The number of likely N-dealkylation sites (N-methyl/N-ethyl adjacent to an activating group) is 1. The maximum absolute atomic E-state index is 12.4. The summed E-state index contributed by atoms with van der Waals surface area (Å²) < 4.78 is 17.9. The summed E-state index contributed by atoms with van der Waals surface area (Å²) >= 11 is 0. The molecule has 1 aliphatic rings. The van der Waals surface area contributed by atoms with Gasteiger partial charge in [0.05, 0.1) is 0 Å². The molecule has 6 nitrogen and oxygen atoms in total. The molecular weight excluding hydrogens is 392 g/mol. The van der Waals surface area contributed by atoms with Crippen LogP contribution in [-0.4, -0.2) is 32.2 Å². The van der Waals surface area contributed by atoms with Gasteiger partial charge in [-0.2, -0.15) is 0 Å². The Morgan fingerprint density at radius 3 is 2.52 bits per heavy atom. The number of amides is 1. The van der Waals surface area contributed by atoms with Crippen molar-refractivity contribution in [3.8, 4) is 17.2 Å². The summed E-state index contributed by atoms with van der Waals surface area (Å²) in [5, 5.41) is 6.01. The number of fused-ring (bicyclic) bond motifs is 1. The molecule has 1 unspecified atom stereocenters. The second-order valence-corrected chi connectivity index (χ2v) is 7.30. The van der Waals surface area contributed by atoms with Gasteiger partial charge in [0.1, 0.15) is 31.1 Å². The van der Waals surface area contributed by atoms with Crippen molar-refractivity contribution in [2.45, 2.75) is 18.8 Å². The largest absolute Gasteiger partial charge is 0.489 e. The maximum atomic E-state index is 12.4. The van der Waals surface area contributed by atoms with Gasteiger partial charge in [0.2, 0.25) is 5.91 Å². The predicted octanol–water partition coefficient (Wildman–Crippen LogP) is 3.48. The van der Waals surface area contributed by atoms with Crippen LogP contribution in [0.5, 0.6) is 17.2 Å². The normalized spacial score (nSPS) is 15.7. The fourth-order valence-corrected chi connectivity index (χ4v) is 3.43. The molecule has 0 spiro atoms. The summed E-state index contributed by atoms with van der Waals surface area (Å²) in [6.45, 7) is 1.34. The average molecular weight is 418 g/mol. The zero-order valence-electron chi connectivity index (χ0n) is 17.4. The van der Waals surface area contributed by atoms with Gasteiger partial charge in [0.25, 0.3) is 0 Å². The molecule has 160 valence electrons. The maximum Gasteiger partial charge on any atom is 0.241 e. The molecule has 1 amide bonds. The lowest BCUT2D eigenvalue weighted by Crippen LogP contribution is -2.43. The average Bonchev–Trinajstić information content (AvgIpc) is 2.83. The number of ether oxygens (including phenoxy) is 3. The zero-order valence-corrected chi connectivity index (χ0v) is 17.4. The van der Waals surface area contributed by atoms with Gasteiger partial charge in [-0.25, -0.2) is 0 Å². The van der Waals surface area contributed by atoms with Gasteiger partial charge >= 0.3 is 0 Å². The van der Waals surface area contributed by atoms with Crippen molar-refractivity contribution in [2.24, 2.45) is 0 Å². The number of carbonyl (C=O) groups excluding carboxylic acids is 1. The molecule has 2 atom stereocenters. The highest BCUT2D eigenvalue weighted by atomic mass is 16.6. The van der Waals surface area contributed by atoms with E-state index in [1.54, 1.807) is 7.05 Å². The first-order valence-electron chi connectivity index (χ1n) is 10.3. The van der Waals surface area contributed by atoms with E-state index in [1.165, 1.54) is 0 Å². The van der Waals surface area contributed by atoms with Gasteiger partial charge in [-0.15, -0.1) is 0 Å². The number of benzene rings is 3. The molecule has 3 aromatic rings. The molecule has 4 rings (SSSR count). The van der Waals surface area contributed by atoms with Crippen LogP contribution in [-0.2, 0) is 11.4 Å². The SMILES string of the molecule is CNC(=O)C(NC[C@@H]1COc2ccc(OCc3ccccc3)cc2O1)c1ccccc1. The minimum atomic E-state index is -0.461. The van der Waals surface area contributed by atoms with Crippen LogP contribution in [0.2, 0.25) is 0 Å². The topological polar surface area (TPSA) is 68.8 Å². The van der Waals surface area contributed by atoms with Gasteiger partial charge in [0, 0.05) is 19.7 Å². The predicted molar refractivity (Wildman–Crippen MR) is 118 cm³/mol. The van der Waals surface area contributed by atoms with E-state index in [4.69, 9.17) is 14.2 Å². The second-order valence-electron chi connectivity index (χ2n) is 7.30. The Balaban J connectivity index is 1.38. The van der Waals surface area contributed by atoms with Crippen molar-refractivity contribution in [1.82, 2.24) is 10.6 Å². The van der Waals surface area contributed by atoms with Crippen LogP contribution in [0.25, 0.3) is 0 Å². The minimum absolute atomic E-state index is 0.0973. The molecule has 0 radical (unpaired) electrons. The third-order valence-electron chi connectivity index (χ3n) is 5.07. The van der Waals surface area contributed by atoms with Crippen LogP contribution in [0.4, 0.5) is 0 Å². The highest BCUT2D eigenvalue weighted by molar-refractivity contribution is 5.82. The summed E-state index contributed by atoms with van der Waals surface area (Å²) in [5.74, 6) is 1.95. The van der Waals surface area contributed by atoms with Crippen LogP contribution < -0.4 is 24.8 Å². The molecule has 0 saturated heterocycles. The fraction of sp³-hybridized carbons (Fsp3) is 0.240. The van der Waals surface area contributed by atoms with E-state index in [2.05, 4.69) is 10.6 Å². The van der Waals surface area contributed by atoms with Crippen LogP contribution >= 0.6 is 0 Å². The van der Waals surface area contributed by atoms with Crippen LogP contribution in [0.3, 0.4) is 0 Å². The van der Waals surface area contributed by atoms with Crippen molar-refractivity contribution < 1.29 is 19.0 Å². The van der Waals surface area contributed by atoms with E-state index in [9.17, 15) is 4.79 Å². The molecule has 0 fully saturated rings. The smallest absolute Gasteiger partial charge is 0.241 e.